The summed E-state index contributed by atoms with van der Waals surface area (Å²) in [6.07, 6.45) is 6.49. The number of nitrogens with zero attached hydrogens (tertiary/aromatic N) is 6. The van der Waals surface area contributed by atoms with E-state index in [1.165, 1.54) is 45.0 Å². The van der Waals surface area contributed by atoms with E-state index >= 15 is 4.39 Å². The first kappa shape index (κ1) is 33.9. The van der Waals surface area contributed by atoms with Gasteiger partial charge in [-0.3, -0.25) is 4.79 Å². The molecule has 254 valence electrons. The third-order valence-electron chi connectivity index (χ3n) is 7.38. The number of ether oxygens (including phenoxy) is 2. The van der Waals surface area contributed by atoms with Crippen molar-refractivity contribution in [1.82, 2.24) is 35.4 Å². The summed E-state index contributed by atoms with van der Waals surface area (Å²) in [6, 6.07) is 5.54. The second-order valence-corrected chi connectivity index (χ2v) is 12.0. The average Bonchev–Trinajstić information content (AvgIpc) is 3.54. The van der Waals surface area contributed by atoms with Gasteiger partial charge in [-0.15, -0.1) is 0 Å². The highest BCUT2D eigenvalue weighted by Gasteiger charge is 2.27. The number of aromatic nitrogens is 5. The molecule has 0 aliphatic carbocycles. The highest BCUT2D eigenvalue weighted by atomic mass is 19.3. The zero-order chi connectivity index (χ0) is 34.6. The molecule has 1 atom stereocenters. The number of alkyl carbamates (subject to hydrolysis) is 1. The van der Waals surface area contributed by atoms with E-state index in [0.29, 0.717) is 40.4 Å². The molecule has 0 unspecified atom stereocenters. The van der Waals surface area contributed by atoms with Crippen molar-refractivity contribution in [2.75, 3.05) is 37.5 Å². The summed E-state index contributed by atoms with van der Waals surface area (Å²) in [5.74, 6) is -0.539. The Morgan fingerprint density at radius 3 is 2.58 bits per heavy atom. The Kier molecular flexibility index (Phi) is 10.0. The molecule has 0 saturated carbocycles. The van der Waals surface area contributed by atoms with Crippen molar-refractivity contribution in [3.8, 4) is 28.3 Å². The van der Waals surface area contributed by atoms with Crippen LogP contribution in [-0.4, -0.2) is 75.6 Å². The van der Waals surface area contributed by atoms with Crippen LogP contribution in [0.1, 0.15) is 50.5 Å². The van der Waals surface area contributed by atoms with E-state index in [9.17, 15) is 18.4 Å². The highest BCUT2D eigenvalue weighted by Crippen LogP contribution is 2.36. The molecule has 13 nitrogen and oxygen atoms in total. The predicted octanol–water partition coefficient (Wildman–Crippen LogP) is 5.54. The Morgan fingerprint density at radius 2 is 1.90 bits per heavy atom. The number of carbonyl (C=O) groups is 2. The number of amides is 2. The maximum Gasteiger partial charge on any atom is 0.407 e. The summed E-state index contributed by atoms with van der Waals surface area (Å²) in [7, 11) is 2.78. The standard InChI is InChI=1S/C32H36F3N9O4/c1-32(2,3)48-31(46)40-20-7-6-10-43(17-20)23-13-26(38-15-21(23)19-14-39-44(16-19)30(34)35)41-25-8-9-37-28(42-25)27-22(33)11-18(29(45)36-4)12-24(27)47-5/h8-9,11-16,20,30H,6-7,10,17H2,1-5H3,(H,36,45)(H,40,46)(H,37,38,41,42)/t20-/m0/s1. The summed E-state index contributed by atoms with van der Waals surface area (Å²) >= 11 is 0. The Morgan fingerprint density at radius 1 is 1.10 bits per heavy atom. The number of halogens is 3. The molecule has 0 radical (unpaired) electrons. The van der Waals surface area contributed by atoms with E-state index < -0.39 is 30.0 Å². The van der Waals surface area contributed by atoms with Crippen LogP contribution in [-0.2, 0) is 4.74 Å². The molecule has 3 aromatic heterocycles. The van der Waals surface area contributed by atoms with E-state index in [1.807, 2.05) is 4.90 Å². The first-order valence-corrected chi connectivity index (χ1v) is 15.1. The number of methoxy groups -OCH3 is 1. The molecule has 48 heavy (non-hydrogen) atoms. The molecule has 1 aliphatic rings. The van der Waals surface area contributed by atoms with Crippen LogP contribution < -0.4 is 25.6 Å². The molecular weight excluding hydrogens is 631 g/mol. The SMILES string of the molecule is CNC(=O)c1cc(F)c(-c2nccc(Nc3cc(N4CCC[C@H](NC(=O)OC(C)(C)C)C4)c(-c4cnn(C(F)F)c4)cn3)n2)c(OC)c1. The summed E-state index contributed by atoms with van der Waals surface area (Å²) < 4.78 is 53.4. The quantitative estimate of drug-likeness (QED) is 0.208. The Balaban J connectivity index is 1.46. The maximum absolute atomic E-state index is 15.3. The molecular formula is C32H36F3N9O4. The molecule has 0 bridgehead atoms. The smallest absolute Gasteiger partial charge is 0.407 e. The molecule has 1 aliphatic heterocycles. The minimum Gasteiger partial charge on any atom is -0.496 e. The van der Waals surface area contributed by atoms with E-state index in [2.05, 4.69) is 36.0 Å². The average molecular weight is 668 g/mol. The number of hydrogen-bond donors (Lipinski definition) is 3. The summed E-state index contributed by atoms with van der Waals surface area (Å²) in [4.78, 5) is 39.8. The Hall–Kier alpha value is -5.41. The van der Waals surface area contributed by atoms with Crippen LogP contribution in [0.2, 0.25) is 0 Å². The second-order valence-electron chi connectivity index (χ2n) is 12.0. The lowest BCUT2D eigenvalue weighted by Gasteiger charge is -2.36. The van der Waals surface area contributed by atoms with Gasteiger partial charge in [0.15, 0.2) is 5.82 Å². The van der Waals surface area contributed by atoms with Crippen LogP contribution in [0, 0.1) is 5.82 Å². The molecule has 5 rings (SSSR count). The van der Waals surface area contributed by atoms with Crippen LogP contribution in [0.15, 0.2) is 49.1 Å². The topological polar surface area (TPSA) is 148 Å². The van der Waals surface area contributed by atoms with Gasteiger partial charge in [-0.2, -0.15) is 13.9 Å². The van der Waals surface area contributed by atoms with Crippen LogP contribution >= 0.6 is 0 Å². The van der Waals surface area contributed by atoms with Gasteiger partial charge in [-0.05, 0) is 51.8 Å². The van der Waals surface area contributed by atoms with Gasteiger partial charge in [-0.25, -0.2) is 28.8 Å². The molecule has 1 fully saturated rings. The third kappa shape index (κ3) is 7.93. The van der Waals surface area contributed by atoms with Crippen LogP contribution in [0.5, 0.6) is 5.75 Å². The molecule has 1 aromatic carbocycles. The monoisotopic (exact) mass is 667 g/mol. The third-order valence-corrected chi connectivity index (χ3v) is 7.38. The first-order valence-electron chi connectivity index (χ1n) is 15.1. The van der Waals surface area contributed by atoms with Crippen molar-refractivity contribution in [2.45, 2.75) is 51.8 Å². The van der Waals surface area contributed by atoms with Gasteiger partial charge in [0.25, 0.3) is 5.91 Å². The number of anilines is 3. The number of nitrogens with one attached hydrogen (secondary N) is 3. The predicted molar refractivity (Wildman–Crippen MR) is 172 cm³/mol. The minimum absolute atomic E-state index is 0.00107. The number of carbonyl (C=O) groups excluding carboxylic acids is 2. The molecule has 2 amide bonds. The van der Waals surface area contributed by atoms with Crippen LogP contribution in [0.4, 0.5) is 35.3 Å². The number of rotatable bonds is 9. The summed E-state index contributed by atoms with van der Waals surface area (Å²) in [5.41, 5.74) is 1.02. The fraction of sp³-hybridized carbons (Fsp3) is 0.375. The molecule has 16 heteroatoms. The van der Waals surface area contributed by atoms with Gasteiger partial charge >= 0.3 is 12.6 Å². The Bertz CT molecular complexity index is 1790. The van der Waals surface area contributed by atoms with Gasteiger partial charge < -0.3 is 30.3 Å². The first-order chi connectivity index (χ1) is 22.8. The van der Waals surface area contributed by atoms with E-state index in [4.69, 9.17) is 9.47 Å². The lowest BCUT2D eigenvalue weighted by molar-refractivity contribution is 0.0499. The largest absolute Gasteiger partial charge is 0.496 e. The van der Waals surface area contributed by atoms with Crippen LogP contribution in [0.25, 0.3) is 22.5 Å². The van der Waals surface area contributed by atoms with Gasteiger partial charge in [0, 0.05) is 67.5 Å². The molecule has 4 aromatic rings. The van der Waals surface area contributed by atoms with Gasteiger partial charge in [0.05, 0.1) is 24.6 Å². The fourth-order valence-corrected chi connectivity index (χ4v) is 5.28. The lowest BCUT2D eigenvalue weighted by atomic mass is 10.0. The molecule has 0 spiro atoms. The van der Waals surface area contributed by atoms with E-state index in [0.717, 1.165) is 18.9 Å². The minimum atomic E-state index is -2.82. The zero-order valence-electron chi connectivity index (χ0n) is 27.1. The van der Waals surface area contributed by atoms with Crippen molar-refractivity contribution >= 4 is 29.3 Å². The normalized spacial score (nSPS) is 14.9. The highest BCUT2D eigenvalue weighted by molar-refractivity contribution is 5.95. The van der Waals surface area contributed by atoms with Crippen molar-refractivity contribution in [3.63, 3.8) is 0 Å². The van der Waals surface area contributed by atoms with Gasteiger partial charge in [0.2, 0.25) is 0 Å². The number of hydrogen-bond acceptors (Lipinski definition) is 10. The summed E-state index contributed by atoms with van der Waals surface area (Å²) in [6.45, 7) is 3.58. The van der Waals surface area contributed by atoms with Gasteiger partial charge in [0.1, 0.15) is 28.8 Å². The molecule has 4 heterocycles. The fourth-order valence-electron chi connectivity index (χ4n) is 5.28. The zero-order valence-corrected chi connectivity index (χ0v) is 27.1. The van der Waals surface area contributed by atoms with Crippen molar-refractivity contribution in [1.29, 1.82) is 0 Å². The number of pyridine rings is 1. The van der Waals surface area contributed by atoms with Crippen molar-refractivity contribution in [3.05, 3.63) is 60.4 Å². The van der Waals surface area contributed by atoms with E-state index in [1.54, 1.807) is 32.9 Å². The Labute approximate surface area is 274 Å². The van der Waals surface area contributed by atoms with Gasteiger partial charge in [-0.1, -0.05) is 0 Å². The lowest BCUT2D eigenvalue weighted by Crippen LogP contribution is -2.49. The molecule has 3 N–H and O–H groups in total. The summed E-state index contributed by atoms with van der Waals surface area (Å²) in [5, 5.41) is 12.3. The second kappa shape index (κ2) is 14.1. The number of piperidine rings is 1. The number of alkyl halides is 2. The van der Waals surface area contributed by atoms with Crippen LogP contribution in [0.3, 0.4) is 0 Å². The van der Waals surface area contributed by atoms with Crippen molar-refractivity contribution in [2.24, 2.45) is 0 Å². The van der Waals surface area contributed by atoms with Crippen molar-refractivity contribution < 1.29 is 32.2 Å². The number of benzene rings is 1. The molecule has 1 saturated heterocycles. The maximum atomic E-state index is 15.3. The van der Waals surface area contributed by atoms with E-state index in [-0.39, 0.29) is 34.6 Å².